The van der Waals surface area contributed by atoms with Gasteiger partial charge in [-0.2, -0.15) is 13.2 Å². The summed E-state index contributed by atoms with van der Waals surface area (Å²) in [6.07, 6.45) is -5.90. The predicted molar refractivity (Wildman–Crippen MR) is 75.4 cm³/mol. The molecule has 0 spiro atoms. The first kappa shape index (κ1) is 19.4. The average molecular weight is 337 g/mol. The van der Waals surface area contributed by atoms with Crippen molar-refractivity contribution < 1.29 is 32.2 Å². The second-order valence-corrected chi connectivity index (χ2v) is 5.48. The zero-order valence-corrected chi connectivity index (χ0v) is 12.8. The Balaban J connectivity index is 2.65. The standard InChI is InChI=1S/C15H19F4NO3/c1-9(2)7-23-8-11(21)6-20-14(22)12-4-3-10(16)5-13(12)15(17,18)19/h3-5,9,11,21H,6-8H2,1-2H3,(H,20,22). The van der Waals surface area contributed by atoms with Gasteiger partial charge in [0.2, 0.25) is 0 Å². The smallest absolute Gasteiger partial charge is 0.389 e. The van der Waals surface area contributed by atoms with E-state index < -0.39 is 35.1 Å². The molecule has 2 N–H and O–H groups in total. The lowest BCUT2D eigenvalue weighted by Crippen LogP contribution is -2.35. The number of carbonyl (C=O) groups excluding carboxylic acids is 1. The van der Waals surface area contributed by atoms with Crippen LogP contribution >= 0.6 is 0 Å². The third-order valence-corrected chi connectivity index (χ3v) is 2.79. The van der Waals surface area contributed by atoms with Crippen molar-refractivity contribution in [1.29, 1.82) is 0 Å². The molecule has 0 saturated heterocycles. The van der Waals surface area contributed by atoms with E-state index in [-0.39, 0.29) is 25.1 Å². The molecule has 130 valence electrons. The minimum atomic E-state index is -4.85. The zero-order chi connectivity index (χ0) is 17.6. The Labute approximate surface area is 131 Å². The van der Waals surface area contributed by atoms with Gasteiger partial charge < -0.3 is 15.2 Å². The van der Waals surface area contributed by atoms with Crippen LogP contribution < -0.4 is 5.32 Å². The summed E-state index contributed by atoms with van der Waals surface area (Å²) in [5.41, 5.74) is -2.06. The molecule has 0 aliphatic carbocycles. The van der Waals surface area contributed by atoms with E-state index in [1.165, 1.54) is 0 Å². The van der Waals surface area contributed by atoms with Crippen LogP contribution in [-0.2, 0) is 10.9 Å². The lowest BCUT2D eigenvalue weighted by Gasteiger charge is -2.15. The first-order chi connectivity index (χ1) is 10.6. The van der Waals surface area contributed by atoms with Crippen LogP contribution in [0.3, 0.4) is 0 Å². The monoisotopic (exact) mass is 337 g/mol. The highest BCUT2D eigenvalue weighted by molar-refractivity contribution is 5.95. The number of benzene rings is 1. The summed E-state index contributed by atoms with van der Waals surface area (Å²) >= 11 is 0. The molecule has 0 bridgehead atoms. The molecule has 0 saturated carbocycles. The molecule has 0 radical (unpaired) electrons. The largest absolute Gasteiger partial charge is 0.417 e. The molecule has 8 heteroatoms. The van der Waals surface area contributed by atoms with Crippen LogP contribution in [0.2, 0.25) is 0 Å². The third kappa shape index (κ3) is 6.54. The molecule has 1 atom stereocenters. The van der Waals surface area contributed by atoms with Gasteiger partial charge in [0.25, 0.3) is 5.91 Å². The number of amides is 1. The minimum Gasteiger partial charge on any atom is -0.389 e. The molecule has 1 aromatic rings. The van der Waals surface area contributed by atoms with Gasteiger partial charge in [-0.15, -0.1) is 0 Å². The summed E-state index contributed by atoms with van der Waals surface area (Å²) in [5, 5.41) is 11.8. The molecular weight excluding hydrogens is 318 g/mol. The maximum Gasteiger partial charge on any atom is 0.417 e. The summed E-state index contributed by atoms with van der Waals surface area (Å²) in [5.74, 6) is -1.86. The van der Waals surface area contributed by atoms with E-state index in [9.17, 15) is 27.5 Å². The summed E-state index contributed by atoms with van der Waals surface area (Å²) in [7, 11) is 0. The maximum absolute atomic E-state index is 13.0. The second kappa shape index (κ2) is 8.26. The number of rotatable bonds is 7. The number of hydrogen-bond donors (Lipinski definition) is 2. The number of carbonyl (C=O) groups is 1. The molecule has 0 fully saturated rings. The number of halogens is 4. The van der Waals surface area contributed by atoms with E-state index in [1.54, 1.807) is 0 Å². The molecule has 23 heavy (non-hydrogen) atoms. The van der Waals surface area contributed by atoms with Crippen LogP contribution in [0.25, 0.3) is 0 Å². The molecule has 0 aromatic heterocycles. The van der Waals surface area contributed by atoms with E-state index >= 15 is 0 Å². The quantitative estimate of drug-likeness (QED) is 0.752. The van der Waals surface area contributed by atoms with Gasteiger partial charge >= 0.3 is 6.18 Å². The number of aliphatic hydroxyl groups is 1. The van der Waals surface area contributed by atoms with Crippen LogP contribution in [0.1, 0.15) is 29.8 Å². The topological polar surface area (TPSA) is 58.6 Å². The van der Waals surface area contributed by atoms with Crippen LogP contribution in [0.5, 0.6) is 0 Å². The maximum atomic E-state index is 13.0. The second-order valence-electron chi connectivity index (χ2n) is 5.48. The van der Waals surface area contributed by atoms with Crippen molar-refractivity contribution in [1.82, 2.24) is 5.32 Å². The highest BCUT2D eigenvalue weighted by Gasteiger charge is 2.35. The van der Waals surface area contributed by atoms with Gasteiger partial charge in [-0.05, 0) is 24.1 Å². The Hall–Kier alpha value is -1.67. The van der Waals surface area contributed by atoms with Crippen molar-refractivity contribution in [3.63, 3.8) is 0 Å². The van der Waals surface area contributed by atoms with E-state index in [0.29, 0.717) is 6.61 Å². The summed E-state index contributed by atoms with van der Waals surface area (Å²) in [4.78, 5) is 11.8. The lowest BCUT2D eigenvalue weighted by molar-refractivity contribution is -0.138. The fraction of sp³-hybridized carbons (Fsp3) is 0.533. The van der Waals surface area contributed by atoms with Crippen molar-refractivity contribution in [2.45, 2.75) is 26.1 Å². The number of alkyl halides is 3. The van der Waals surface area contributed by atoms with Crippen LogP contribution in [0, 0.1) is 11.7 Å². The number of ether oxygens (including phenoxy) is 1. The molecule has 1 aromatic carbocycles. The average Bonchev–Trinajstić information content (AvgIpc) is 2.43. The van der Waals surface area contributed by atoms with E-state index in [4.69, 9.17) is 4.74 Å². The Morgan fingerprint density at radius 2 is 1.96 bits per heavy atom. The van der Waals surface area contributed by atoms with E-state index in [0.717, 1.165) is 12.1 Å². The van der Waals surface area contributed by atoms with Gasteiger partial charge in [-0.1, -0.05) is 13.8 Å². The zero-order valence-electron chi connectivity index (χ0n) is 12.8. The van der Waals surface area contributed by atoms with E-state index in [2.05, 4.69) is 5.32 Å². The SMILES string of the molecule is CC(C)COCC(O)CNC(=O)c1ccc(F)cc1C(F)(F)F. The molecule has 0 aliphatic heterocycles. The van der Waals surface area contributed by atoms with Crippen molar-refractivity contribution in [2.75, 3.05) is 19.8 Å². The number of nitrogens with one attached hydrogen (secondary N) is 1. The molecular formula is C15H19F4NO3. The fourth-order valence-electron chi connectivity index (χ4n) is 1.75. The highest BCUT2D eigenvalue weighted by atomic mass is 19.4. The Morgan fingerprint density at radius 3 is 2.52 bits per heavy atom. The highest BCUT2D eigenvalue weighted by Crippen LogP contribution is 2.32. The first-order valence-electron chi connectivity index (χ1n) is 7.02. The van der Waals surface area contributed by atoms with E-state index in [1.807, 2.05) is 13.8 Å². The van der Waals surface area contributed by atoms with Crippen LogP contribution in [-0.4, -0.2) is 36.9 Å². The summed E-state index contributed by atoms with van der Waals surface area (Å²) in [6.45, 7) is 3.93. The van der Waals surface area contributed by atoms with Crippen LogP contribution in [0.4, 0.5) is 17.6 Å². The summed E-state index contributed by atoms with van der Waals surface area (Å²) < 4.78 is 56.6. The van der Waals surface area contributed by atoms with Gasteiger partial charge in [0.15, 0.2) is 0 Å². The van der Waals surface area contributed by atoms with Crippen molar-refractivity contribution >= 4 is 5.91 Å². The Bertz CT molecular complexity index is 532. The van der Waals surface area contributed by atoms with Crippen molar-refractivity contribution in [3.05, 3.63) is 35.1 Å². The molecule has 4 nitrogen and oxygen atoms in total. The molecule has 1 unspecified atom stereocenters. The molecule has 1 amide bonds. The number of hydrogen-bond acceptors (Lipinski definition) is 3. The first-order valence-corrected chi connectivity index (χ1v) is 7.02. The Kier molecular flexibility index (Phi) is 6.96. The molecule has 0 heterocycles. The third-order valence-electron chi connectivity index (χ3n) is 2.79. The normalized spacial score (nSPS) is 13.2. The molecule has 0 aliphatic rings. The Morgan fingerprint density at radius 1 is 1.30 bits per heavy atom. The van der Waals surface area contributed by atoms with Gasteiger partial charge in [-0.25, -0.2) is 4.39 Å². The van der Waals surface area contributed by atoms with Gasteiger partial charge in [-0.3, -0.25) is 4.79 Å². The van der Waals surface area contributed by atoms with Crippen molar-refractivity contribution in [3.8, 4) is 0 Å². The minimum absolute atomic E-state index is 0.0476. The van der Waals surface area contributed by atoms with Crippen LogP contribution in [0.15, 0.2) is 18.2 Å². The predicted octanol–water partition coefficient (Wildman–Crippen LogP) is 2.61. The van der Waals surface area contributed by atoms with Gasteiger partial charge in [0.1, 0.15) is 5.82 Å². The van der Waals surface area contributed by atoms with Crippen molar-refractivity contribution in [2.24, 2.45) is 5.92 Å². The van der Waals surface area contributed by atoms with Gasteiger partial charge in [0, 0.05) is 13.2 Å². The van der Waals surface area contributed by atoms with Gasteiger partial charge in [0.05, 0.1) is 23.8 Å². The fourth-order valence-corrected chi connectivity index (χ4v) is 1.75. The summed E-state index contributed by atoms with van der Waals surface area (Å²) in [6, 6.07) is 1.79. The lowest BCUT2D eigenvalue weighted by atomic mass is 10.1. The molecule has 1 rings (SSSR count). The number of aliphatic hydroxyl groups excluding tert-OH is 1.